The Morgan fingerprint density at radius 3 is 2.47 bits per heavy atom. The zero-order valence-electron chi connectivity index (χ0n) is 8.94. The number of amides is 3. The molecule has 1 fully saturated rings. The zero-order chi connectivity index (χ0) is 11.6. The number of rotatable bonds is 2. The summed E-state index contributed by atoms with van der Waals surface area (Å²) in [7, 11) is 0. The van der Waals surface area contributed by atoms with Gasteiger partial charge in [-0.15, -0.1) is 0 Å². The van der Waals surface area contributed by atoms with Crippen LogP contribution in [0.1, 0.15) is 20.8 Å². The van der Waals surface area contributed by atoms with Gasteiger partial charge in [0.15, 0.2) is 5.12 Å². The number of imide groups is 1. The number of urea groups is 1. The van der Waals surface area contributed by atoms with E-state index in [1.54, 1.807) is 6.92 Å². The Bertz CT molecular complexity index is 306. The van der Waals surface area contributed by atoms with Crippen molar-refractivity contribution in [3.63, 3.8) is 0 Å². The summed E-state index contributed by atoms with van der Waals surface area (Å²) in [5.74, 6) is 0.238. The minimum Gasteiger partial charge on any atom is -0.332 e. The lowest BCUT2D eigenvalue weighted by atomic mass is 10.2. The molecule has 0 bridgehead atoms. The monoisotopic (exact) mass is 230 g/mol. The Hall–Kier alpha value is -1.04. The van der Waals surface area contributed by atoms with Crippen molar-refractivity contribution >= 4 is 28.8 Å². The molecular weight excluding hydrogens is 216 g/mol. The molecule has 1 rings (SSSR count). The second-order valence-electron chi connectivity index (χ2n) is 3.49. The maximum absolute atomic E-state index is 11.4. The minimum atomic E-state index is -0.371. The molecule has 1 heterocycles. The van der Waals surface area contributed by atoms with Crippen LogP contribution in [0.2, 0.25) is 0 Å². The second kappa shape index (κ2) is 4.65. The van der Waals surface area contributed by atoms with Crippen LogP contribution in [0.5, 0.6) is 0 Å². The number of carbonyl (C=O) groups is 3. The van der Waals surface area contributed by atoms with Crippen LogP contribution in [0.15, 0.2) is 0 Å². The number of nitrogens with zero attached hydrogens (tertiary/aromatic N) is 1. The van der Waals surface area contributed by atoms with Gasteiger partial charge in [-0.2, -0.15) is 0 Å². The third-order valence-electron chi connectivity index (χ3n) is 2.32. The molecule has 84 valence electrons. The highest BCUT2D eigenvalue weighted by atomic mass is 32.2. The van der Waals surface area contributed by atoms with E-state index in [0.29, 0.717) is 5.75 Å². The summed E-state index contributed by atoms with van der Waals surface area (Å²) in [5.41, 5.74) is 0. The maximum atomic E-state index is 11.4. The van der Waals surface area contributed by atoms with Crippen LogP contribution in [0.4, 0.5) is 4.79 Å². The van der Waals surface area contributed by atoms with Crippen molar-refractivity contribution in [2.45, 2.75) is 32.9 Å². The standard InChI is InChI=1S/C9H14N2O3S/c1-5-8(4-15-7(3)13)10-9(14)11(5)6(2)12/h5,8H,4H2,1-3H3,(H,10,14). The number of thioether (sulfide) groups is 1. The van der Waals surface area contributed by atoms with Crippen molar-refractivity contribution in [1.29, 1.82) is 0 Å². The fourth-order valence-electron chi connectivity index (χ4n) is 1.53. The molecule has 0 aromatic heterocycles. The van der Waals surface area contributed by atoms with Gasteiger partial charge in [-0.25, -0.2) is 4.79 Å². The summed E-state index contributed by atoms with van der Waals surface area (Å²) in [6.07, 6.45) is 0. The van der Waals surface area contributed by atoms with Crippen LogP contribution < -0.4 is 5.32 Å². The quantitative estimate of drug-likeness (QED) is 0.754. The van der Waals surface area contributed by atoms with Gasteiger partial charge >= 0.3 is 6.03 Å². The number of hydrogen-bond donors (Lipinski definition) is 1. The first-order chi connectivity index (χ1) is 6.93. The van der Waals surface area contributed by atoms with Gasteiger partial charge in [0.05, 0.1) is 12.1 Å². The minimum absolute atomic E-state index is 0.0118. The molecule has 1 aliphatic heterocycles. The Morgan fingerprint density at radius 2 is 2.07 bits per heavy atom. The van der Waals surface area contributed by atoms with E-state index in [0.717, 1.165) is 11.8 Å². The Labute approximate surface area is 92.6 Å². The SMILES string of the molecule is CC(=O)SCC1NC(=O)N(C(C)=O)C1C. The first-order valence-corrected chi connectivity index (χ1v) is 5.65. The van der Waals surface area contributed by atoms with Gasteiger partial charge in [0, 0.05) is 19.6 Å². The van der Waals surface area contributed by atoms with Gasteiger partial charge < -0.3 is 5.32 Å². The molecule has 0 aromatic rings. The predicted octanol–water partition coefficient (Wildman–Crippen LogP) is 0.595. The average molecular weight is 230 g/mol. The molecule has 0 saturated carbocycles. The Kier molecular flexibility index (Phi) is 3.73. The molecule has 6 heteroatoms. The van der Waals surface area contributed by atoms with E-state index in [2.05, 4.69) is 5.32 Å². The molecule has 1 N–H and O–H groups in total. The van der Waals surface area contributed by atoms with E-state index in [1.165, 1.54) is 18.7 Å². The van der Waals surface area contributed by atoms with Gasteiger partial charge in [0.2, 0.25) is 5.91 Å². The highest BCUT2D eigenvalue weighted by Gasteiger charge is 2.38. The smallest absolute Gasteiger partial charge is 0.324 e. The maximum Gasteiger partial charge on any atom is 0.324 e. The van der Waals surface area contributed by atoms with E-state index in [9.17, 15) is 14.4 Å². The molecule has 0 aromatic carbocycles. The molecule has 0 aliphatic carbocycles. The molecule has 2 unspecified atom stereocenters. The van der Waals surface area contributed by atoms with Crippen molar-refractivity contribution < 1.29 is 14.4 Å². The van der Waals surface area contributed by atoms with Crippen LogP contribution >= 0.6 is 11.8 Å². The molecule has 2 atom stereocenters. The first-order valence-electron chi connectivity index (χ1n) is 4.67. The third-order valence-corrected chi connectivity index (χ3v) is 3.25. The third kappa shape index (κ3) is 2.71. The predicted molar refractivity (Wildman–Crippen MR) is 57.4 cm³/mol. The molecule has 3 amide bonds. The molecule has 15 heavy (non-hydrogen) atoms. The Balaban J connectivity index is 2.60. The van der Waals surface area contributed by atoms with E-state index >= 15 is 0 Å². The Morgan fingerprint density at radius 1 is 1.47 bits per heavy atom. The summed E-state index contributed by atoms with van der Waals surface area (Å²) >= 11 is 1.16. The van der Waals surface area contributed by atoms with Crippen molar-refractivity contribution in [2.24, 2.45) is 0 Å². The highest BCUT2D eigenvalue weighted by Crippen LogP contribution is 2.17. The van der Waals surface area contributed by atoms with Crippen molar-refractivity contribution in [1.82, 2.24) is 10.2 Å². The van der Waals surface area contributed by atoms with Crippen molar-refractivity contribution in [3.8, 4) is 0 Å². The van der Waals surface area contributed by atoms with Gasteiger partial charge in [-0.05, 0) is 6.92 Å². The fourth-order valence-corrected chi connectivity index (χ4v) is 2.31. The summed E-state index contributed by atoms with van der Waals surface area (Å²) in [4.78, 5) is 34.5. The summed E-state index contributed by atoms with van der Waals surface area (Å²) in [6, 6.07) is -0.707. The van der Waals surface area contributed by atoms with Gasteiger partial charge in [0.25, 0.3) is 0 Å². The summed E-state index contributed by atoms with van der Waals surface area (Å²) in [6.45, 7) is 4.64. The first kappa shape index (κ1) is 12.0. The van der Waals surface area contributed by atoms with Gasteiger partial charge in [-0.1, -0.05) is 11.8 Å². The molecule has 5 nitrogen and oxygen atoms in total. The van der Waals surface area contributed by atoms with E-state index in [-0.39, 0.29) is 29.1 Å². The number of carbonyl (C=O) groups excluding carboxylic acids is 3. The fraction of sp³-hybridized carbons (Fsp3) is 0.667. The van der Waals surface area contributed by atoms with Crippen LogP contribution in [0, 0.1) is 0 Å². The molecule has 1 saturated heterocycles. The lowest BCUT2D eigenvalue weighted by molar-refractivity contribution is -0.126. The topological polar surface area (TPSA) is 66.5 Å². The van der Waals surface area contributed by atoms with Crippen molar-refractivity contribution in [3.05, 3.63) is 0 Å². The van der Waals surface area contributed by atoms with E-state index in [1.807, 2.05) is 0 Å². The summed E-state index contributed by atoms with van der Waals surface area (Å²) < 4.78 is 0. The largest absolute Gasteiger partial charge is 0.332 e. The van der Waals surface area contributed by atoms with Crippen LogP contribution in [0.25, 0.3) is 0 Å². The lowest BCUT2D eigenvalue weighted by Crippen LogP contribution is -2.38. The van der Waals surface area contributed by atoms with Gasteiger partial charge in [0.1, 0.15) is 0 Å². The van der Waals surface area contributed by atoms with E-state index in [4.69, 9.17) is 0 Å². The molecule has 1 aliphatic rings. The van der Waals surface area contributed by atoms with Gasteiger partial charge in [-0.3, -0.25) is 14.5 Å². The lowest BCUT2D eigenvalue weighted by Gasteiger charge is -2.18. The van der Waals surface area contributed by atoms with Crippen LogP contribution in [-0.4, -0.2) is 39.8 Å². The average Bonchev–Trinajstić information content (AvgIpc) is 2.37. The number of nitrogens with one attached hydrogen (secondary N) is 1. The van der Waals surface area contributed by atoms with Crippen LogP contribution in [0.3, 0.4) is 0 Å². The number of hydrogen-bond acceptors (Lipinski definition) is 4. The molecule has 0 radical (unpaired) electrons. The van der Waals surface area contributed by atoms with Crippen molar-refractivity contribution in [2.75, 3.05) is 5.75 Å². The summed E-state index contributed by atoms with van der Waals surface area (Å²) in [5, 5.41) is 2.70. The second-order valence-corrected chi connectivity index (χ2v) is 4.69. The van der Waals surface area contributed by atoms with E-state index < -0.39 is 0 Å². The highest BCUT2D eigenvalue weighted by molar-refractivity contribution is 8.13. The molecule has 0 spiro atoms. The zero-order valence-corrected chi connectivity index (χ0v) is 9.76. The normalized spacial score (nSPS) is 25.3. The molecular formula is C9H14N2O3S. The van der Waals surface area contributed by atoms with Crippen LogP contribution in [-0.2, 0) is 9.59 Å².